The summed E-state index contributed by atoms with van der Waals surface area (Å²) in [5.41, 5.74) is 2.05. The number of urea groups is 1. The lowest BCUT2D eigenvalue weighted by molar-refractivity contribution is 0.141. The highest BCUT2D eigenvalue weighted by atomic mass is 16.2. The van der Waals surface area contributed by atoms with Crippen LogP contribution in [0.3, 0.4) is 0 Å². The maximum Gasteiger partial charge on any atom is 0.323 e. The quantitative estimate of drug-likeness (QED) is 0.769. The number of fused-ring (bicyclic) bond motifs is 1. The van der Waals surface area contributed by atoms with Crippen molar-refractivity contribution >= 4 is 22.9 Å². The largest absolute Gasteiger partial charge is 0.341 e. The lowest BCUT2D eigenvalue weighted by atomic mass is 10.3. The first-order valence-electron chi connectivity index (χ1n) is 8.41. The zero-order chi connectivity index (χ0) is 17.1. The molecule has 0 spiro atoms. The van der Waals surface area contributed by atoms with Crippen molar-refractivity contribution in [2.24, 2.45) is 0 Å². The fraction of sp³-hybridized carbons (Fsp3) is 0.278. The van der Waals surface area contributed by atoms with Crippen LogP contribution in [0.2, 0.25) is 0 Å². The SMILES string of the molecule is O=C(Nc1ccccn1)N1CCN(Cc2nc3ccccc3[nH]2)CC1. The normalized spacial score (nSPS) is 15.4. The first-order chi connectivity index (χ1) is 12.3. The number of piperazine rings is 1. The molecule has 1 aromatic carbocycles. The number of rotatable bonds is 3. The van der Waals surface area contributed by atoms with Crippen molar-refractivity contribution in [2.45, 2.75) is 6.54 Å². The second-order valence-electron chi connectivity index (χ2n) is 6.11. The fourth-order valence-corrected chi connectivity index (χ4v) is 3.03. The number of carbonyl (C=O) groups is 1. The number of H-pyrrole nitrogens is 1. The van der Waals surface area contributed by atoms with Crippen LogP contribution in [0.1, 0.15) is 5.82 Å². The van der Waals surface area contributed by atoms with Gasteiger partial charge in [-0.25, -0.2) is 14.8 Å². The number of hydrogen-bond acceptors (Lipinski definition) is 4. The van der Waals surface area contributed by atoms with Crippen molar-refractivity contribution in [1.82, 2.24) is 24.8 Å². The third kappa shape index (κ3) is 3.61. The molecule has 3 aromatic rings. The molecule has 1 aliphatic rings. The van der Waals surface area contributed by atoms with Gasteiger partial charge in [0.05, 0.1) is 17.6 Å². The summed E-state index contributed by atoms with van der Waals surface area (Å²) in [4.78, 5) is 28.5. The number of anilines is 1. The van der Waals surface area contributed by atoms with E-state index in [0.29, 0.717) is 18.9 Å². The van der Waals surface area contributed by atoms with Gasteiger partial charge in [0.15, 0.2) is 0 Å². The van der Waals surface area contributed by atoms with Gasteiger partial charge >= 0.3 is 6.03 Å². The number of aromatic nitrogens is 3. The molecule has 3 heterocycles. The number of nitrogens with one attached hydrogen (secondary N) is 2. The monoisotopic (exact) mass is 336 g/mol. The van der Waals surface area contributed by atoms with Crippen LogP contribution in [0, 0.1) is 0 Å². The summed E-state index contributed by atoms with van der Waals surface area (Å²) in [6.07, 6.45) is 1.67. The zero-order valence-electron chi connectivity index (χ0n) is 13.9. The second-order valence-corrected chi connectivity index (χ2v) is 6.11. The molecule has 0 saturated carbocycles. The molecule has 7 heteroatoms. The van der Waals surface area contributed by atoms with Crippen LogP contribution in [-0.2, 0) is 6.54 Å². The highest BCUT2D eigenvalue weighted by Gasteiger charge is 2.22. The Labute approximate surface area is 145 Å². The summed E-state index contributed by atoms with van der Waals surface area (Å²) in [5, 5.41) is 2.83. The van der Waals surface area contributed by atoms with Gasteiger partial charge in [-0.2, -0.15) is 0 Å². The van der Waals surface area contributed by atoms with E-state index in [2.05, 4.69) is 25.2 Å². The fourth-order valence-electron chi connectivity index (χ4n) is 3.03. The summed E-state index contributed by atoms with van der Waals surface area (Å²) >= 11 is 0. The van der Waals surface area contributed by atoms with Crippen LogP contribution >= 0.6 is 0 Å². The Morgan fingerprint density at radius 3 is 2.64 bits per heavy atom. The number of amides is 2. The number of hydrogen-bond donors (Lipinski definition) is 2. The molecular weight excluding hydrogens is 316 g/mol. The number of carbonyl (C=O) groups excluding carboxylic acids is 1. The highest BCUT2D eigenvalue weighted by Crippen LogP contribution is 2.13. The van der Waals surface area contributed by atoms with E-state index in [9.17, 15) is 4.79 Å². The molecule has 1 saturated heterocycles. The molecule has 1 aliphatic heterocycles. The summed E-state index contributed by atoms with van der Waals surface area (Å²) in [7, 11) is 0. The molecule has 1 fully saturated rings. The first-order valence-corrected chi connectivity index (χ1v) is 8.41. The third-order valence-electron chi connectivity index (χ3n) is 4.37. The molecule has 0 aliphatic carbocycles. The minimum Gasteiger partial charge on any atom is -0.341 e. The number of pyridine rings is 1. The Kier molecular flexibility index (Phi) is 4.30. The van der Waals surface area contributed by atoms with Gasteiger partial charge in [0, 0.05) is 32.4 Å². The maximum atomic E-state index is 12.3. The van der Waals surface area contributed by atoms with Crippen LogP contribution < -0.4 is 5.32 Å². The minimum absolute atomic E-state index is 0.0953. The molecule has 4 rings (SSSR count). The minimum atomic E-state index is -0.0953. The van der Waals surface area contributed by atoms with Crippen LogP contribution in [0.5, 0.6) is 0 Å². The Hall–Kier alpha value is -2.93. The van der Waals surface area contributed by atoms with Crippen molar-refractivity contribution in [3.8, 4) is 0 Å². The van der Waals surface area contributed by atoms with E-state index in [-0.39, 0.29) is 6.03 Å². The zero-order valence-corrected chi connectivity index (χ0v) is 13.9. The van der Waals surface area contributed by atoms with E-state index < -0.39 is 0 Å². The Balaban J connectivity index is 1.31. The Morgan fingerprint density at radius 1 is 1.08 bits per heavy atom. The van der Waals surface area contributed by atoms with Crippen molar-refractivity contribution in [3.63, 3.8) is 0 Å². The van der Waals surface area contributed by atoms with Crippen molar-refractivity contribution in [1.29, 1.82) is 0 Å². The van der Waals surface area contributed by atoms with Gasteiger partial charge in [-0.3, -0.25) is 10.2 Å². The molecular formula is C18H20N6O. The molecule has 2 amide bonds. The topological polar surface area (TPSA) is 77.2 Å². The summed E-state index contributed by atoms with van der Waals surface area (Å²) in [6.45, 7) is 3.81. The van der Waals surface area contributed by atoms with Crippen molar-refractivity contribution in [2.75, 3.05) is 31.5 Å². The van der Waals surface area contributed by atoms with Gasteiger partial charge in [0.1, 0.15) is 11.6 Å². The van der Waals surface area contributed by atoms with E-state index >= 15 is 0 Å². The number of para-hydroxylation sites is 2. The van der Waals surface area contributed by atoms with Gasteiger partial charge in [0.25, 0.3) is 0 Å². The summed E-state index contributed by atoms with van der Waals surface area (Å²) in [5.74, 6) is 1.55. The third-order valence-corrected chi connectivity index (χ3v) is 4.37. The first kappa shape index (κ1) is 15.6. The predicted molar refractivity (Wildman–Crippen MR) is 96.2 cm³/mol. The van der Waals surface area contributed by atoms with E-state index in [1.165, 1.54) is 0 Å². The molecule has 7 nitrogen and oxygen atoms in total. The smallest absolute Gasteiger partial charge is 0.323 e. The van der Waals surface area contributed by atoms with Gasteiger partial charge < -0.3 is 9.88 Å². The lowest BCUT2D eigenvalue weighted by Crippen LogP contribution is -2.49. The Bertz CT molecular complexity index is 821. The molecule has 128 valence electrons. The van der Waals surface area contributed by atoms with E-state index in [1.54, 1.807) is 12.3 Å². The lowest BCUT2D eigenvalue weighted by Gasteiger charge is -2.34. The number of nitrogens with zero attached hydrogens (tertiary/aromatic N) is 4. The molecule has 0 bridgehead atoms. The molecule has 0 unspecified atom stereocenters. The predicted octanol–water partition coefficient (Wildman–Crippen LogP) is 2.31. The van der Waals surface area contributed by atoms with Crippen LogP contribution in [0.25, 0.3) is 11.0 Å². The summed E-state index contributed by atoms with van der Waals surface area (Å²) in [6, 6.07) is 13.4. The molecule has 0 atom stereocenters. The average molecular weight is 336 g/mol. The molecule has 25 heavy (non-hydrogen) atoms. The van der Waals surface area contributed by atoms with Crippen LogP contribution in [0.4, 0.5) is 10.6 Å². The molecule has 2 N–H and O–H groups in total. The van der Waals surface area contributed by atoms with E-state index in [4.69, 9.17) is 0 Å². The summed E-state index contributed by atoms with van der Waals surface area (Å²) < 4.78 is 0. The van der Waals surface area contributed by atoms with E-state index in [0.717, 1.165) is 36.5 Å². The number of aromatic amines is 1. The highest BCUT2D eigenvalue weighted by molar-refractivity contribution is 5.88. The second kappa shape index (κ2) is 6.90. The van der Waals surface area contributed by atoms with Gasteiger partial charge in [-0.15, -0.1) is 0 Å². The van der Waals surface area contributed by atoms with Crippen LogP contribution in [0.15, 0.2) is 48.7 Å². The van der Waals surface area contributed by atoms with Gasteiger partial charge in [-0.05, 0) is 24.3 Å². The Morgan fingerprint density at radius 2 is 1.88 bits per heavy atom. The number of imidazole rings is 1. The number of benzene rings is 1. The van der Waals surface area contributed by atoms with Crippen molar-refractivity contribution < 1.29 is 4.79 Å². The molecule has 2 aromatic heterocycles. The standard InChI is InChI=1S/C18H20N6O/c25-18(22-16-7-3-4-8-19-16)24-11-9-23(10-12-24)13-17-20-14-5-1-2-6-15(14)21-17/h1-8H,9-13H2,(H,20,21)(H,19,22,25). The van der Waals surface area contributed by atoms with E-state index in [1.807, 2.05) is 41.3 Å². The molecule has 0 radical (unpaired) electrons. The van der Waals surface area contributed by atoms with Crippen molar-refractivity contribution in [3.05, 3.63) is 54.5 Å². The maximum absolute atomic E-state index is 12.3. The van der Waals surface area contributed by atoms with Crippen LogP contribution in [-0.4, -0.2) is 57.0 Å². The average Bonchev–Trinajstić information content (AvgIpc) is 3.05. The van der Waals surface area contributed by atoms with Gasteiger partial charge in [0.2, 0.25) is 0 Å². The van der Waals surface area contributed by atoms with Gasteiger partial charge in [-0.1, -0.05) is 18.2 Å².